The van der Waals surface area contributed by atoms with Gasteiger partial charge in [0, 0.05) is 30.2 Å². The summed E-state index contributed by atoms with van der Waals surface area (Å²) in [5.41, 5.74) is 1.64. The Kier molecular flexibility index (Phi) is 6.08. The Morgan fingerprint density at radius 1 is 1.11 bits per heavy atom. The Hall–Kier alpha value is -2.86. The molecule has 3 rings (SSSR count). The zero-order valence-electron chi connectivity index (χ0n) is 14.6. The predicted octanol–water partition coefficient (Wildman–Crippen LogP) is 2.55. The fourth-order valence-electron chi connectivity index (χ4n) is 2.84. The van der Waals surface area contributed by atoms with Crippen LogP contribution in [0.2, 0.25) is 5.02 Å². The molecule has 1 heterocycles. The largest absolute Gasteiger partial charge is 0.455 e. The molecule has 1 aliphatic heterocycles. The third-order valence-electron chi connectivity index (χ3n) is 4.27. The fourth-order valence-corrected chi connectivity index (χ4v) is 2.96. The Balaban J connectivity index is 1.46. The SMILES string of the molecule is O=C(COC(=O)[C@@H]1CC(=O)N(c2ccc(Cl)cc2)C1)NCc1ccccc1. The van der Waals surface area contributed by atoms with E-state index in [1.165, 1.54) is 4.90 Å². The van der Waals surface area contributed by atoms with Crippen molar-refractivity contribution in [2.75, 3.05) is 18.1 Å². The first-order chi connectivity index (χ1) is 13.0. The van der Waals surface area contributed by atoms with Gasteiger partial charge in [0.1, 0.15) is 0 Å². The lowest BCUT2D eigenvalue weighted by atomic mass is 10.1. The second-order valence-electron chi connectivity index (χ2n) is 6.25. The maximum atomic E-state index is 12.2. The smallest absolute Gasteiger partial charge is 0.311 e. The molecule has 1 saturated heterocycles. The number of hydrogen-bond acceptors (Lipinski definition) is 4. The number of anilines is 1. The van der Waals surface area contributed by atoms with Gasteiger partial charge in [-0.15, -0.1) is 0 Å². The highest BCUT2D eigenvalue weighted by Crippen LogP contribution is 2.26. The number of carbonyl (C=O) groups excluding carboxylic acids is 3. The third-order valence-corrected chi connectivity index (χ3v) is 4.53. The highest BCUT2D eigenvalue weighted by atomic mass is 35.5. The van der Waals surface area contributed by atoms with E-state index >= 15 is 0 Å². The van der Waals surface area contributed by atoms with E-state index in [-0.39, 0.29) is 31.4 Å². The van der Waals surface area contributed by atoms with Crippen LogP contribution in [0, 0.1) is 5.92 Å². The fraction of sp³-hybridized carbons (Fsp3) is 0.250. The first kappa shape index (κ1) is 18.9. The maximum absolute atomic E-state index is 12.2. The average Bonchev–Trinajstić information content (AvgIpc) is 3.07. The van der Waals surface area contributed by atoms with E-state index in [1.807, 2.05) is 30.3 Å². The van der Waals surface area contributed by atoms with Crippen molar-refractivity contribution in [1.82, 2.24) is 5.32 Å². The van der Waals surface area contributed by atoms with Crippen LogP contribution in [0.1, 0.15) is 12.0 Å². The van der Waals surface area contributed by atoms with Crippen LogP contribution in [0.3, 0.4) is 0 Å². The second kappa shape index (κ2) is 8.68. The summed E-state index contributed by atoms with van der Waals surface area (Å²) >= 11 is 5.85. The van der Waals surface area contributed by atoms with Crippen molar-refractivity contribution in [1.29, 1.82) is 0 Å². The van der Waals surface area contributed by atoms with Crippen molar-refractivity contribution in [3.05, 3.63) is 65.2 Å². The molecule has 0 spiro atoms. The van der Waals surface area contributed by atoms with Crippen LogP contribution < -0.4 is 10.2 Å². The number of hydrogen-bond donors (Lipinski definition) is 1. The summed E-state index contributed by atoms with van der Waals surface area (Å²) in [5.74, 6) is -1.68. The molecule has 2 aromatic rings. The summed E-state index contributed by atoms with van der Waals surface area (Å²) in [5, 5.41) is 3.26. The van der Waals surface area contributed by atoms with Gasteiger partial charge in [0.2, 0.25) is 5.91 Å². The molecule has 2 aromatic carbocycles. The number of amides is 2. The topological polar surface area (TPSA) is 75.7 Å². The van der Waals surface area contributed by atoms with Crippen molar-refractivity contribution in [2.24, 2.45) is 5.92 Å². The molecule has 0 aromatic heterocycles. The quantitative estimate of drug-likeness (QED) is 0.774. The van der Waals surface area contributed by atoms with Gasteiger partial charge in [-0.25, -0.2) is 0 Å². The van der Waals surface area contributed by atoms with E-state index in [2.05, 4.69) is 5.32 Å². The van der Waals surface area contributed by atoms with Crippen LogP contribution in [0.4, 0.5) is 5.69 Å². The molecular weight excluding hydrogens is 368 g/mol. The average molecular weight is 387 g/mol. The van der Waals surface area contributed by atoms with E-state index in [9.17, 15) is 14.4 Å². The van der Waals surface area contributed by atoms with Crippen LogP contribution in [0.5, 0.6) is 0 Å². The van der Waals surface area contributed by atoms with Crippen molar-refractivity contribution in [3.63, 3.8) is 0 Å². The zero-order chi connectivity index (χ0) is 19.2. The number of benzene rings is 2. The highest BCUT2D eigenvalue weighted by molar-refractivity contribution is 6.30. The van der Waals surface area contributed by atoms with Crippen LogP contribution in [0.15, 0.2) is 54.6 Å². The Labute approximate surface area is 162 Å². The number of carbonyl (C=O) groups is 3. The molecule has 2 amide bonds. The van der Waals surface area contributed by atoms with Gasteiger partial charge >= 0.3 is 5.97 Å². The summed E-state index contributed by atoms with van der Waals surface area (Å²) in [6, 6.07) is 16.3. The van der Waals surface area contributed by atoms with Crippen molar-refractivity contribution >= 4 is 35.1 Å². The van der Waals surface area contributed by atoms with Gasteiger partial charge in [-0.05, 0) is 29.8 Å². The minimum Gasteiger partial charge on any atom is -0.455 e. The van der Waals surface area contributed by atoms with Gasteiger partial charge in [-0.1, -0.05) is 41.9 Å². The molecule has 0 saturated carbocycles. The molecule has 1 atom stereocenters. The van der Waals surface area contributed by atoms with Gasteiger partial charge < -0.3 is 15.0 Å². The Bertz CT molecular complexity index is 824. The van der Waals surface area contributed by atoms with Gasteiger partial charge in [0.05, 0.1) is 5.92 Å². The summed E-state index contributed by atoms with van der Waals surface area (Å²) in [6.07, 6.45) is 0.0626. The lowest BCUT2D eigenvalue weighted by molar-refractivity contribution is -0.152. The lowest BCUT2D eigenvalue weighted by Crippen LogP contribution is -2.31. The Morgan fingerprint density at radius 3 is 2.52 bits per heavy atom. The van der Waals surface area contributed by atoms with Gasteiger partial charge in [-0.3, -0.25) is 14.4 Å². The standard InChI is InChI=1S/C20H19ClN2O4/c21-16-6-8-17(9-7-16)23-12-15(10-19(23)25)20(26)27-13-18(24)22-11-14-4-2-1-3-5-14/h1-9,15H,10-13H2,(H,22,24)/t15-/m1/s1. The van der Waals surface area contributed by atoms with Gasteiger partial charge in [0.25, 0.3) is 5.91 Å². The molecule has 7 heteroatoms. The molecule has 27 heavy (non-hydrogen) atoms. The molecule has 0 unspecified atom stereocenters. The monoisotopic (exact) mass is 386 g/mol. The number of esters is 1. The van der Waals surface area contributed by atoms with Crippen molar-refractivity contribution in [2.45, 2.75) is 13.0 Å². The number of ether oxygens (including phenoxy) is 1. The highest BCUT2D eigenvalue weighted by Gasteiger charge is 2.36. The molecule has 0 radical (unpaired) electrons. The first-order valence-electron chi connectivity index (χ1n) is 8.56. The van der Waals surface area contributed by atoms with E-state index in [0.717, 1.165) is 5.56 Å². The van der Waals surface area contributed by atoms with Gasteiger partial charge in [0.15, 0.2) is 6.61 Å². The first-order valence-corrected chi connectivity index (χ1v) is 8.94. The van der Waals surface area contributed by atoms with E-state index < -0.39 is 11.9 Å². The second-order valence-corrected chi connectivity index (χ2v) is 6.69. The molecule has 6 nitrogen and oxygen atoms in total. The minimum absolute atomic E-state index is 0.0626. The van der Waals surface area contributed by atoms with Crippen LogP contribution >= 0.6 is 11.6 Å². The van der Waals surface area contributed by atoms with E-state index in [4.69, 9.17) is 16.3 Å². The minimum atomic E-state index is -0.588. The van der Waals surface area contributed by atoms with Crippen molar-refractivity contribution < 1.29 is 19.1 Å². The van der Waals surface area contributed by atoms with Crippen LogP contribution in [-0.2, 0) is 25.7 Å². The molecule has 0 bridgehead atoms. The molecule has 1 aliphatic rings. The predicted molar refractivity (Wildman–Crippen MR) is 101 cm³/mol. The van der Waals surface area contributed by atoms with E-state index in [0.29, 0.717) is 17.3 Å². The summed E-state index contributed by atoms with van der Waals surface area (Å²) in [6.45, 7) is 0.228. The molecular formula is C20H19ClN2O4. The lowest BCUT2D eigenvalue weighted by Gasteiger charge is -2.16. The summed E-state index contributed by atoms with van der Waals surface area (Å²) in [4.78, 5) is 37.7. The number of halogens is 1. The van der Waals surface area contributed by atoms with E-state index in [1.54, 1.807) is 24.3 Å². The molecule has 1 fully saturated rings. The molecule has 0 aliphatic carbocycles. The van der Waals surface area contributed by atoms with Gasteiger partial charge in [-0.2, -0.15) is 0 Å². The van der Waals surface area contributed by atoms with Crippen molar-refractivity contribution in [3.8, 4) is 0 Å². The molecule has 140 valence electrons. The van der Waals surface area contributed by atoms with Crippen LogP contribution in [-0.4, -0.2) is 30.9 Å². The normalized spacial score (nSPS) is 16.3. The summed E-state index contributed by atoms with van der Waals surface area (Å²) in [7, 11) is 0. The molecule has 1 N–H and O–H groups in total. The summed E-state index contributed by atoms with van der Waals surface area (Å²) < 4.78 is 5.08. The number of rotatable bonds is 6. The number of nitrogens with one attached hydrogen (secondary N) is 1. The zero-order valence-corrected chi connectivity index (χ0v) is 15.3. The Morgan fingerprint density at radius 2 is 1.81 bits per heavy atom. The number of nitrogens with zero attached hydrogens (tertiary/aromatic N) is 1. The van der Waals surface area contributed by atoms with Crippen LogP contribution in [0.25, 0.3) is 0 Å². The maximum Gasteiger partial charge on any atom is 0.311 e. The third kappa shape index (κ3) is 5.08.